The van der Waals surface area contributed by atoms with E-state index in [1.807, 2.05) is 0 Å². The summed E-state index contributed by atoms with van der Waals surface area (Å²) in [5, 5.41) is 14.2. The van der Waals surface area contributed by atoms with Crippen molar-refractivity contribution in [1.82, 2.24) is 5.32 Å². The first kappa shape index (κ1) is 13.4. The summed E-state index contributed by atoms with van der Waals surface area (Å²) >= 11 is 11.9. The van der Waals surface area contributed by atoms with Gasteiger partial charge in [0.05, 0.1) is 15.0 Å². The second-order valence-corrected chi connectivity index (χ2v) is 4.91. The molecule has 1 aliphatic rings. The first-order chi connectivity index (χ1) is 8.58. The van der Waals surface area contributed by atoms with Gasteiger partial charge >= 0.3 is 0 Å². The number of nitrogens with one attached hydrogen (secondary N) is 1. The highest BCUT2D eigenvalue weighted by atomic mass is 35.5. The van der Waals surface area contributed by atoms with Gasteiger partial charge in [0.1, 0.15) is 6.61 Å². The molecule has 7 heteroatoms. The van der Waals surface area contributed by atoms with E-state index in [1.54, 1.807) is 0 Å². The lowest BCUT2D eigenvalue weighted by Crippen LogP contribution is -2.28. The van der Waals surface area contributed by atoms with Crippen LogP contribution in [0.3, 0.4) is 0 Å². The van der Waals surface area contributed by atoms with Gasteiger partial charge in [-0.15, -0.1) is 0 Å². The van der Waals surface area contributed by atoms with Crippen LogP contribution in [0.15, 0.2) is 12.1 Å². The standard InChI is InChI=1S/C11H12Cl2N2O3/c12-9-4-8(15(16)17)5-10(13)11(9)18-6-7-2-1-3-14-7/h4-5,7,14H,1-3,6H2. The van der Waals surface area contributed by atoms with Crippen LogP contribution in [0.25, 0.3) is 0 Å². The molecule has 1 aromatic rings. The van der Waals surface area contributed by atoms with Crippen LogP contribution in [0.2, 0.25) is 10.0 Å². The lowest BCUT2D eigenvalue weighted by Gasteiger charge is -2.14. The average Bonchev–Trinajstić information content (AvgIpc) is 2.80. The van der Waals surface area contributed by atoms with Crippen LogP contribution < -0.4 is 10.1 Å². The minimum absolute atomic E-state index is 0.142. The van der Waals surface area contributed by atoms with Gasteiger partial charge in [-0.05, 0) is 19.4 Å². The number of hydrogen-bond acceptors (Lipinski definition) is 4. The Kier molecular flexibility index (Phi) is 4.27. The van der Waals surface area contributed by atoms with Crippen molar-refractivity contribution in [2.45, 2.75) is 18.9 Å². The van der Waals surface area contributed by atoms with E-state index in [2.05, 4.69) is 5.32 Å². The summed E-state index contributed by atoms with van der Waals surface area (Å²) in [5.41, 5.74) is -0.142. The number of ether oxygens (including phenoxy) is 1. The van der Waals surface area contributed by atoms with E-state index < -0.39 is 4.92 Å². The molecule has 0 saturated carbocycles. The number of nitro groups is 1. The summed E-state index contributed by atoms with van der Waals surface area (Å²) in [7, 11) is 0. The van der Waals surface area contributed by atoms with E-state index in [0.29, 0.717) is 12.4 Å². The zero-order valence-corrected chi connectivity index (χ0v) is 11.0. The van der Waals surface area contributed by atoms with Crippen LogP contribution in [0.5, 0.6) is 5.75 Å². The van der Waals surface area contributed by atoms with Crippen molar-refractivity contribution in [2.24, 2.45) is 0 Å². The summed E-state index contributed by atoms with van der Waals surface area (Å²) in [6.07, 6.45) is 2.16. The first-order valence-corrected chi connectivity index (χ1v) is 6.33. The molecule has 1 saturated heterocycles. The maximum Gasteiger partial charge on any atom is 0.272 e. The number of halogens is 2. The van der Waals surface area contributed by atoms with Gasteiger partial charge < -0.3 is 10.1 Å². The SMILES string of the molecule is O=[N+]([O-])c1cc(Cl)c(OCC2CCCN2)c(Cl)c1. The van der Waals surface area contributed by atoms with E-state index in [4.69, 9.17) is 27.9 Å². The van der Waals surface area contributed by atoms with Gasteiger partial charge in [0.15, 0.2) is 5.75 Å². The average molecular weight is 291 g/mol. The molecule has 1 N–H and O–H groups in total. The van der Waals surface area contributed by atoms with E-state index in [9.17, 15) is 10.1 Å². The quantitative estimate of drug-likeness (QED) is 0.684. The molecule has 1 aliphatic heterocycles. The van der Waals surface area contributed by atoms with E-state index >= 15 is 0 Å². The van der Waals surface area contributed by atoms with Crippen molar-refractivity contribution in [3.05, 3.63) is 32.3 Å². The van der Waals surface area contributed by atoms with Gasteiger partial charge in [-0.2, -0.15) is 0 Å². The summed E-state index contributed by atoms with van der Waals surface area (Å²) in [6.45, 7) is 1.44. The molecule has 0 bridgehead atoms. The Morgan fingerprint density at radius 2 is 2.11 bits per heavy atom. The van der Waals surface area contributed by atoms with E-state index in [0.717, 1.165) is 19.4 Å². The summed E-state index contributed by atoms with van der Waals surface area (Å²) in [6, 6.07) is 2.77. The predicted molar refractivity (Wildman–Crippen MR) is 69.6 cm³/mol. The van der Waals surface area contributed by atoms with Crippen LogP contribution in [0.4, 0.5) is 5.69 Å². The maximum absolute atomic E-state index is 10.6. The number of rotatable bonds is 4. The van der Waals surface area contributed by atoms with Gasteiger partial charge in [-0.1, -0.05) is 23.2 Å². The van der Waals surface area contributed by atoms with Crippen molar-refractivity contribution in [1.29, 1.82) is 0 Å². The second-order valence-electron chi connectivity index (χ2n) is 4.10. The molecule has 0 aliphatic carbocycles. The highest BCUT2D eigenvalue weighted by Crippen LogP contribution is 2.36. The number of nitrogens with zero attached hydrogens (tertiary/aromatic N) is 1. The minimum atomic E-state index is -0.542. The Balaban J connectivity index is 2.10. The molecule has 5 nitrogen and oxygen atoms in total. The molecule has 0 radical (unpaired) electrons. The summed E-state index contributed by atoms with van der Waals surface area (Å²) in [5.74, 6) is 0.303. The smallest absolute Gasteiger partial charge is 0.272 e. The number of nitro benzene ring substituents is 1. The predicted octanol–water partition coefficient (Wildman–Crippen LogP) is 3.03. The second kappa shape index (κ2) is 5.73. The van der Waals surface area contributed by atoms with Gasteiger partial charge in [-0.3, -0.25) is 10.1 Å². The van der Waals surface area contributed by atoms with E-state index in [-0.39, 0.29) is 21.8 Å². The minimum Gasteiger partial charge on any atom is -0.489 e. The van der Waals surface area contributed by atoms with Gasteiger partial charge in [0.2, 0.25) is 0 Å². The summed E-state index contributed by atoms with van der Waals surface area (Å²) < 4.78 is 5.54. The molecule has 18 heavy (non-hydrogen) atoms. The molecule has 1 aromatic carbocycles. The van der Waals surface area contributed by atoms with Crippen LogP contribution >= 0.6 is 23.2 Å². The molecule has 0 aromatic heterocycles. The highest BCUT2D eigenvalue weighted by Gasteiger charge is 2.19. The molecule has 98 valence electrons. The van der Waals surface area contributed by atoms with Crippen molar-refractivity contribution in [2.75, 3.05) is 13.2 Å². The largest absolute Gasteiger partial charge is 0.489 e. The Bertz CT molecular complexity index is 439. The number of benzene rings is 1. The van der Waals surface area contributed by atoms with Crippen molar-refractivity contribution in [3.8, 4) is 5.75 Å². The molecule has 1 unspecified atom stereocenters. The lowest BCUT2D eigenvalue weighted by molar-refractivity contribution is -0.384. The third-order valence-electron chi connectivity index (χ3n) is 2.79. The van der Waals surface area contributed by atoms with Gasteiger partial charge in [0, 0.05) is 18.2 Å². The zero-order valence-electron chi connectivity index (χ0n) is 9.49. The van der Waals surface area contributed by atoms with Crippen LogP contribution in [-0.2, 0) is 0 Å². The number of hydrogen-bond donors (Lipinski definition) is 1. The molecular formula is C11H12Cl2N2O3. The van der Waals surface area contributed by atoms with Gasteiger partial charge in [-0.25, -0.2) is 0 Å². The van der Waals surface area contributed by atoms with E-state index in [1.165, 1.54) is 12.1 Å². The molecular weight excluding hydrogens is 279 g/mol. The topological polar surface area (TPSA) is 64.4 Å². The third-order valence-corrected chi connectivity index (χ3v) is 3.35. The molecule has 0 spiro atoms. The summed E-state index contributed by atoms with van der Waals surface area (Å²) in [4.78, 5) is 10.1. The fourth-order valence-corrected chi connectivity index (χ4v) is 2.46. The Morgan fingerprint density at radius 1 is 1.44 bits per heavy atom. The fraction of sp³-hybridized carbons (Fsp3) is 0.455. The van der Waals surface area contributed by atoms with Gasteiger partial charge in [0.25, 0.3) is 5.69 Å². The molecule has 0 amide bonds. The van der Waals surface area contributed by atoms with Crippen LogP contribution in [0.1, 0.15) is 12.8 Å². The molecule has 1 heterocycles. The van der Waals surface area contributed by atoms with Crippen molar-refractivity contribution in [3.63, 3.8) is 0 Å². The highest BCUT2D eigenvalue weighted by molar-refractivity contribution is 6.37. The Hall–Kier alpha value is -1.04. The van der Waals surface area contributed by atoms with Crippen molar-refractivity contribution >= 4 is 28.9 Å². The van der Waals surface area contributed by atoms with Crippen LogP contribution in [-0.4, -0.2) is 24.1 Å². The molecule has 2 rings (SSSR count). The third kappa shape index (κ3) is 3.04. The molecule has 1 fully saturated rings. The monoisotopic (exact) mass is 290 g/mol. The fourth-order valence-electron chi connectivity index (χ4n) is 1.87. The zero-order chi connectivity index (χ0) is 13.1. The van der Waals surface area contributed by atoms with Crippen molar-refractivity contribution < 1.29 is 9.66 Å². The first-order valence-electron chi connectivity index (χ1n) is 5.57. The maximum atomic E-state index is 10.6. The lowest BCUT2D eigenvalue weighted by atomic mass is 10.2. The number of non-ortho nitro benzene ring substituents is 1. The Labute approximate surface area is 114 Å². The Morgan fingerprint density at radius 3 is 2.61 bits per heavy atom. The normalized spacial score (nSPS) is 18.9. The van der Waals surface area contributed by atoms with Crippen LogP contribution in [0, 0.1) is 10.1 Å². The molecule has 1 atom stereocenters.